The van der Waals surface area contributed by atoms with Gasteiger partial charge in [0.2, 0.25) is 5.91 Å². The zero-order valence-electron chi connectivity index (χ0n) is 14.6. The minimum absolute atomic E-state index is 0.0868. The van der Waals surface area contributed by atoms with E-state index < -0.39 is 6.10 Å². The topological polar surface area (TPSA) is 92.2 Å². The van der Waals surface area contributed by atoms with E-state index in [-0.39, 0.29) is 18.0 Å². The van der Waals surface area contributed by atoms with E-state index in [4.69, 9.17) is 4.74 Å². The molecule has 1 unspecified atom stereocenters. The van der Waals surface area contributed by atoms with E-state index in [1.54, 1.807) is 0 Å². The second-order valence-corrected chi connectivity index (χ2v) is 6.75. The average molecular weight is 357 g/mol. The number of aromatic nitrogens is 3. The number of ether oxygens (including phenoxy) is 1. The second-order valence-electron chi connectivity index (χ2n) is 6.75. The van der Waals surface area contributed by atoms with Crippen molar-refractivity contribution in [3.8, 4) is 0 Å². The summed E-state index contributed by atoms with van der Waals surface area (Å²) in [6, 6.07) is 8.51. The lowest BCUT2D eigenvalue weighted by molar-refractivity contribution is -0.125. The van der Waals surface area contributed by atoms with Crippen molar-refractivity contribution in [2.24, 2.45) is 0 Å². The summed E-state index contributed by atoms with van der Waals surface area (Å²) in [5.74, 6) is 0.417. The minimum Gasteiger partial charge on any atom is -0.368 e. The first-order valence-corrected chi connectivity index (χ1v) is 9.03. The fraction of sp³-hybridized carbons (Fsp3) is 0.500. The Bertz CT molecular complexity index is 843. The monoisotopic (exact) mass is 357 g/mol. The number of amides is 1. The molecule has 0 aliphatic carbocycles. The Hall–Kier alpha value is -2.45. The largest absolute Gasteiger partial charge is 0.368 e. The molecule has 4 rings (SSSR count). The highest BCUT2D eigenvalue weighted by Crippen LogP contribution is 2.21. The maximum absolute atomic E-state index is 12.2. The number of nitrogens with zero attached hydrogens (tertiary/aromatic N) is 3. The molecule has 138 valence electrons. The molecule has 2 aromatic rings. The zero-order chi connectivity index (χ0) is 17.9. The van der Waals surface area contributed by atoms with E-state index in [0.717, 1.165) is 26.1 Å². The Balaban J connectivity index is 1.25. The van der Waals surface area contributed by atoms with Crippen LogP contribution in [0.15, 0.2) is 29.1 Å². The Kier molecular flexibility index (Phi) is 4.85. The number of nitrogens with one attached hydrogen (secondary N) is 2. The first-order chi connectivity index (χ1) is 12.7. The smallest absolute Gasteiger partial charge is 0.343 e. The summed E-state index contributed by atoms with van der Waals surface area (Å²) in [4.78, 5) is 26.2. The van der Waals surface area contributed by atoms with Gasteiger partial charge in [0.25, 0.3) is 0 Å². The van der Waals surface area contributed by atoms with Crippen LogP contribution in [0.4, 0.5) is 0 Å². The normalized spacial score (nSPS) is 19.6. The average Bonchev–Trinajstić information content (AvgIpc) is 3.04. The first-order valence-electron chi connectivity index (χ1n) is 9.03. The van der Waals surface area contributed by atoms with Gasteiger partial charge >= 0.3 is 5.69 Å². The minimum atomic E-state index is -0.468. The molecule has 1 aromatic heterocycles. The van der Waals surface area contributed by atoms with Crippen LogP contribution < -0.4 is 11.0 Å². The summed E-state index contributed by atoms with van der Waals surface area (Å²) in [5.41, 5.74) is 2.54. The second kappa shape index (κ2) is 7.43. The van der Waals surface area contributed by atoms with Crippen molar-refractivity contribution in [2.45, 2.75) is 32.0 Å². The molecule has 2 aliphatic heterocycles. The molecule has 0 spiro atoms. The summed E-state index contributed by atoms with van der Waals surface area (Å²) >= 11 is 0. The number of aromatic amines is 1. The Labute approximate surface area is 151 Å². The SMILES string of the molecule is O=C(CC1OCCn2c1n[nH]c2=O)NCCN1CCc2ccccc2C1. The van der Waals surface area contributed by atoms with Crippen LogP contribution in [0.1, 0.15) is 29.5 Å². The Morgan fingerprint density at radius 2 is 2.15 bits per heavy atom. The number of carbonyl (C=O) groups excluding carboxylic acids is 1. The van der Waals surface area contributed by atoms with E-state index in [2.05, 4.69) is 44.7 Å². The lowest BCUT2D eigenvalue weighted by Crippen LogP contribution is -2.38. The van der Waals surface area contributed by atoms with Crippen LogP contribution in [0.2, 0.25) is 0 Å². The molecule has 1 atom stereocenters. The van der Waals surface area contributed by atoms with Crippen molar-refractivity contribution in [3.63, 3.8) is 0 Å². The molecule has 0 fully saturated rings. The van der Waals surface area contributed by atoms with Crippen molar-refractivity contribution in [1.82, 2.24) is 25.0 Å². The maximum atomic E-state index is 12.2. The van der Waals surface area contributed by atoms with E-state index in [1.165, 1.54) is 15.7 Å². The van der Waals surface area contributed by atoms with Gasteiger partial charge in [0, 0.05) is 26.2 Å². The van der Waals surface area contributed by atoms with Crippen LogP contribution in [0.3, 0.4) is 0 Å². The molecule has 0 bridgehead atoms. The predicted molar refractivity (Wildman–Crippen MR) is 94.6 cm³/mol. The van der Waals surface area contributed by atoms with Gasteiger partial charge in [0.15, 0.2) is 5.82 Å². The molecule has 26 heavy (non-hydrogen) atoms. The summed E-state index contributed by atoms with van der Waals surface area (Å²) in [6.07, 6.45) is 0.758. The van der Waals surface area contributed by atoms with Gasteiger partial charge in [0.1, 0.15) is 6.10 Å². The van der Waals surface area contributed by atoms with Crippen molar-refractivity contribution >= 4 is 5.91 Å². The Morgan fingerprint density at radius 1 is 1.31 bits per heavy atom. The van der Waals surface area contributed by atoms with Crippen LogP contribution in [0, 0.1) is 0 Å². The molecule has 2 aliphatic rings. The fourth-order valence-corrected chi connectivity index (χ4v) is 3.64. The standard InChI is InChI=1S/C18H23N5O3/c24-16(11-15-17-20-21-18(25)23(17)9-10-26-15)19-6-8-22-7-5-13-3-1-2-4-14(13)12-22/h1-4,15H,5-12H2,(H,19,24)(H,21,25). The van der Waals surface area contributed by atoms with Crippen LogP contribution in [0.25, 0.3) is 0 Å². The van der Waals surface area contributed by atoms with Crippen molar-refractivity contribution in [3.05, 3.63) is 51.7 Å². The molecule has 0 radical (unpaired) electrons. The van der Waals surface area contributed by atoms with Crippen LogP contribution >= 0.6 is 0 Å². The molecule has 1 amide bonds. The lowest BCUT2D eigenvalue weighted by Gasteiger charge is -2.28. The third-order valence-electron chi connectivity index (χ3n) is 5.04. The highest BCUT2D eigenvalue weighted by Gasteiger charge is 2.27. The van der Waals surface area contributed by atoms with E-state index >= 15 is 0 Å². The number of hydrogen-bond acceptors (Lipinski definition) is 5. The summed E-state index contributed by atoms with van der Waals surface area (Å²) in [6.45, 7) is 4.24. The van der Waals surface area contributed by atoms with Crippen molar-refractivity contribution < 1.29 is 9.53 Å². The van der Waals surface area contributed by atoms with Gasteiger partial charge in [-0.05, 0) is 17.5 Å². The van der Waals surface area contributed by atoms with Gasteiger partial charge in [-0.2, -0.15) is 5.10 Å². The number of hydrogen-bond donors (Lipinski definition) is 2. The molecular weight excluding hydrogens is 334 g/mol. The summed E-state index contributed by atoms with van der Waals surface area (Å²) < 4.78 is 7.14. The van der Waals surface area contributed by atoms with Gasteiger partial charge in [0.05, 0.1) is 19.6 Å². The molecule has 2 N–H and O–H groups in total. The summed E-state index contributed by atoms with van der Waals surface area (Å²) in [7, 11) is 0. The van der Waals surface area contributed by atoms with Gasteiger partial charge < -0.3 is 10.1 Å². The van der Waals surface area contributed by atoms with Gasteiger partial charge in [-0.3, -0.25) is 14.3 Å². The van der Waals surface area contributed by atoms with E-state index in [1.807, 2.05) is 0 Å². The molecular formula is C18H23N5O3. The number of rotatable bonds is 5. The molecule has 8 nitrogen and oxygen atoms in total. The molecule has 3 heterocycles. The summed E-state index contributed by atoms with van der Waals surface area (Å²) in [5, 5.41) is 9.35. The van der Waals surface area contributed by atoms with Gasteiger partial charge in [-0.1, -0.05) is 24.3 Å². The third kappa shape index (κ3) is 3.56. The molecule has 0 saturated heterocycles. The third-order valence-corrected chi connectivity index (χ3v) is 5.04. The Morgan fingerprint density at radius 3 is 3.04 bits per heavy atom. The zero-order valence-corrected chi connectivity index (χ0v) is 14.6. The maximum Gasteiger partial charge on any atom is 0.343 e. The number of fused-ring (bicyclic) bond motifs is 2. The van der Waals surface area contributed by atoms with Crippen LogP contribution in [-0.4, -0.2) is 51.8 Å². The number of carbonyl (C=O) groups is 1. The first kappa shape index (κ1) is 17.0. The van der Waals surface area contributed by atoms with Crippen LogP contribution in [-0.2, 0) is 29.0 Å². The molecule has 0 saturated carbocycles. The van der Waals surface area contributed by atoms with Gasteiger partial charge in [-0.15, -0.1) is 0 Å². The van der Waals surface area contributed by atoms with Crippen molar-refractivity contribution in [1.29, 1.82) is 0 Å². The van der Waals surface area contributed by atoms with Crippen molar-refractivity contribution in [2.75, 3.05) is 26.2 Å². The fourth-order valence-electron chi connectivity index (χ4n) is 3.64. The number of H-pyrrole nitrogens is 1. The van der Waals surface area contributed by atoms with E-state index in [9.17, 15) is 9.59 Å². The highest BCUT2D eigenvalue weighted by molar-refractivity contribution is 5.76. The molecule has 8 heteroatoms. The quantitative estimate of drug-likeness (QED) is 0.798. The van der Waals surface area contributed by atoms with Gasteiger partial charge in [-0.25, -0.2) is 9.89 Å². The van der Waals surface area contributed by atoms with E-state index in [0.29, 0.717) is 25.5 Å². The predicted octanol–water partition coefficient (Wildman–Crippen LogP) is 0.207. The number of benzene rings is 1. The molecule has 1 aromatic carbocycles. The highest BCUT2D eigenvalue weighted by atomic mass is 16.5. The van der Waals surface area contributed by atoms with Crippen LogP contribution in [0.5, 0.6) is 0 Å². The lowest BCUT2D eigenvalue weighted by atomic mass is 10.00.